The summed E-state index contributed by atoms with van der Waals surface area (Å²) in [6, 6.07) is 6.04. The number of aliphatic hydroxyl groups is 1. The Bertz CT molecular complexity index is 1560. The number of nitrogens with one attached hydrogen (secondary N) is 14. The largest absolute Gasteiger partial charge is 0.387 e. The predicted octanol–water partition coefficient (Wildman–Crippen LogP) is -10.6. The van der Waals surface area contributed by atoms with Crippen molar-refractivity contribution in [2.24, 2.45) is 34.4 Å². The Morgan fingerprint density at radius 3 is 1.15 bits per heavy atom. The molecule has 1 aromatic rings. The lowest BCUT2D eigenvalue weighted by Gasteiger charge is -2.28. The van der Waals surface area contributed by atoms with Crippen molar-refractivity contribution < 1.29 is 38.7 Å². The van der Waals surface area contributed by atoms with E-state index in [1.54, 1.807) is 6.07 Å². The third-order valence-corrected chi connectivity index (χ3v) is 5.84. The molecule has 27 N–H and O–H groups in total. The van der Waals surface area contributed by atoms with E-state index in [2.05, 4.69) is 21.3 Å². The molecule has 0 fully saturated rings. The van der Waals surface area contributed by atoms with Gasteiger partial charge in [0.05, 0.1) is 0 Å². The molecule has 0 aliphatic carbocycles. The molecule has 0 saturated carbocycles. The Morgan fingerprint density at radius 1 is 0.519 bits per heavy atom. The van der Waals surface area contributed by atoms with E-state index in [1.807, 2.05) is 31.9 Å². The lowest BCUT2D eigenvalue weighted by molar-refractivity contribution is -0.136. The first kappa shape index (κ1) is 42.5. The van der Waals surface area contributed by atoms with E-state index in [4.69, 9.17) is 56.0 Å². The smallest absolute Gasteiger partial charge is 0.265 e. The minimum atomic E-state index is -2.08. The van der Waals surface area contributed by atoms with Crippen LogP contribution in [0, 0.1) is 21.6 Å². The Morgan fingerprint density at radius 2 is 0.846 bits per heavy atom. The van der Waals surface area contributed by atoms with Crippen LogP contribution in [-0.2, 0) is 33.6 Å². The summed E-state index contributed by atoms with van der Waals surface area (Å²) in [5.74, 6) is -12.1. The van der Waals surface area contributed by atoms with Gasteiger partial charge in [-0.15, -0.1) is 0 Å². The molecule has 0 aliphatic rings. The molecule has 7 amide bonds. The van der Waals surface area contributed by atoms with E-state index in [0.29, 0.717) is 0 Å². The van der Waals surface area contributed by atoms with Crippen molar-refractivity contribution in [3.63, 3.8) is 0 Å². The van der Waals surface area contributed by atoms with Crippen LogP contribution in [-0.4, -0.2) is 108 Å². The number of hydrogen-bond donors (Lipinski definition) is 21. The van der Waals surface area contributed by atoms with Crippen LogP contribution in [0.3, 0.4) is 0 Å². The molecular weight excluding hydrogens is 696 g/mol. The van der Waals surface area contributed by atoms with Gasteiger partial charge in [0.15, 0.2) is 54.7 Å². The summed E-state index contributed by atoms with van der Waals surface area (Å²) >= 11 is 0. The number of carbonyl (C=O) groups is 7. The van der Waals surface area contributed by atoms with E-state index >= 15 is 0 Å². The van der Waals surface area contributed by atoms with Crippen LogP contribution in [0.15, 0.2) is 30.3 Å². The minimum Gasteiger partial charge on any atom is -0.387 e. The quantitative estimate of drug-likeness (QED) is 0.0378. The van der Waals surface area contributed by atoms with Crippen molar-refractivity contribution in [2.75, 3.05) is 6.61 Å². The number of hydrogen-bond acceptors (Lipinski definition) is 13. The van der Waals surface area contributed by atoms with Crippen LogP contribution in [0.25, 0.3) is 0 Å². The first-order valence-electron chi connectivity index (χ1n) is 14.2. The van der Waals surface area contributed by atoms with Crippen LogP contribution >= 0.6 is 0 Å². The van der Waals surface area contributed by atoms with E-state index in [1.165, 1.54) is 24.3 Å². The molecule has 6 unspecified atom stereocenters. The molecule has 1 rings (SSSR count). The monoisotopic (exact) mass is 736 g/mol. The molecule has 0 spiro atoms. The Labute approximate surface area is 292 Å². The van der Waals surface area contributed by atoms with Gasteiger partial charge in [-0.05, 0) is 5.56 Å². The Hall–Kier alpha value is -7.49. The zero-order chi connectivity index (χ0) is 39.7. The van der Waals surface area contributed by atoms with E-state index in [-0.39, 0.29) is 5.56 Å². The highest BCUT2D eigenvalue weighted by Gasteiger charge is 2.34. The van der Waals surface area contributed by atoms with Crippen molar-refractivity contribution >= 4 is 65.2 Å². The van der Waals surface area contributed by atoms with E-state index in [0.717, 1.165) is 0 Å². The summed E-state index contributed by atoms with van der Waals surface area (Å²) in [6.07, 6.45) is -9.81. The van der Waals surface area contributed by atoms with Gasteiger partial charge < -0.3 is 92.7 Å². The third kappa shape index (κ3) is 14.7. The lowest BCUT2D eigenvalue weighted by atomic mass is 10.1. The second kappa shape index (κ2) is 20.1. The zero-order valence-electron chi connectivity index (χ0n) is 26.8. The molecule has 1 aromatic carbocycles. The zero-order valence-corrected chi connectivity index (χ0v) is 26.8. The van der Waals surface area contributed by atoms with Gasteiger partial charge in [0, 0.05) is 0 Å². The maximum Gasteiger partial charge on any atom is 0.265 e. The maximum atomic E-state index is 13.3. The van der Waals surface area contributed by atoms with Crippen molar-refractivity contribution in [3.05, 3.63) is 35.9 Å². The SMILES string of the molecule is N=C(N)NC(NC(=O)C(NC(=N)N)NC(=O)C(NC(=N)N)NC(=O)C(NC(=N)N)NC(=O)C(NC(=O)CO)c1ccccc1)C(=O)NC(N)C(N)=O. The van der Waals surface area contributed by atoms with Crippen molar-refractivity contribution in [1.82, 2.24) is 53.2 Å². The first-order chi connectivity index (χ1) is 24.2. The Balaban J connectivity index is 3.33. The normalized spacial score (nSPS) is 13.7. The van der Waals surface area contributed by atoms with Gasteiger partial charge in [0.25, 0.3) is 29.5 Å². The standard InChI is InChI=1S/C24H40N20O8/c25-10(11(26)47)36-17(49)12(41-21(27)28)38-19(51)14(43-23(31)32)40-20(52)15(44-24(33)34)39-18(50)13(42-22(29)30)37-16(48)9(35-8(46)6-45)7-4-2-1-3-5-7/h1-5,9-10,12-15,45H,6,25H2,(H2,26,47)(H,35,46)(H,36,49)(H,37,48)(H,38,51)(H,39,50)(H,40,52)(H4,27,28,41)(H4,29,30,42)(H4,31,32,43)(H4,33,34,44). The fourth-order valence-corrected chi connectivity index (χ4v) is 3.65. The number of amides is 7. The predicted molar refractivity (Wildman–Crippen MR) is 178 cm³/mol. The number of primary amides is 1. The number of benzene rings is 1. The lowest BCUT2D eigenvalue weighted by Crippen LogP contribution is -2.69. The second-order valence-corrected chi connectivity index (χ2v) is 9.96. The molecule has 0 radical (unpaired) electrons. The first-order valence-corrected chi connectivity index (χ1v) is 14.2. The molecular formula is C24H40N20O8. The molecule has 6 atom stereocenters. The summed E-state index contributed by atoms with van der Waals surface area (Å²) in [5.41, 5.74) is 31.8. The highest BCUT2D eigenvalue weighted by atomic mass is 16.3. The summed E-state index contributed by atoms with van der Waals surface area (Å²) in [4.78, 5) is 88.8. The van der Waals surface area contributed by atoms with Crippen LogP contribution < -0.4 is 87.6 Å². The van der Waals surface area contributed by atoms with Gasteiger partial charge in [-0.2, -0.15) is 0 Å². The summed E-state index contributed by atoms with van der Waals surface area (Å²) in [5, 5.41) is 59.8. The van der Waals surface area contributed by atoms with Crippen molar-refractivity contribution in [1.29, 1.82) is 21.6 Å². The molecule has 0 aliphatic heterocycles. The number of rotatable bonds is 18. The third-order valence-electron chi connectivity index (χ3n) is 5.84. The summed E-state index contributed by atoms with van der Waals surface area (Å²) in [6.45, 7) is -0.998. The molecule has 0 bridgehead atoms. The summed E-state index contributed by atoms with van der Waals surface area (Å²) < 4.78 is 0. The van der Waals surface area contributed by atoms with Crippen LogP contribution in [0.5, 0.6) is 0 Å². The number of nitrogens with two attached hydrogens (primary N) is 6. The maximum absolute atomic E-state index is 13.3. The van der Waals surface area contributed by atoms with E-state index < -0.39 is 109 Å². The van der Waals surface area contributed by atoms with Crippen LogP contribution in [0.2, 0.25) is 0 Å². The number of guanidine groups is 4. The minimum absolute atomic E-state index is 0.204. The van der Waals surface area contributed by atoms with Gasteiger partial charge in [0.2, 0.25) is 11.8 Å². The number of aliphatic hydroxyl groups excluding tert-OH is 1. The average molecular weight is 737 g/mol. The number of carbonyl (C=O) groups excluding carboxylic acids is 7. The van der Waals surface area contributed by atoms with Crippen molar-refractivity contribution in [2.45, 2.75) is 36.9 Å². The van der Waals surface area contributed by atoms with Crippen LogP contribution in [0.1, 0.15) is 11.6 Å². The van der Waals surface area contributed by atoms with E-state index in [9.17, 15) is 38.7 Å². The van der Waals surface area contributed by atoms with Gasteiger partial charge in [0.1, 0.15) is 12.6 Å². The topological polar surface area (TPSA) is 512 Å². The van der Waals surface area contributed by atoms with Gasteiger partial charge in [-0.1, -0.05) is 30.3 Å². The molecule has 0 aromatic heterocycles. The van der Waals surface area contributed by atoms with Gasteiger partial charge in [-0.25, -0.2) is 0 Å². The Kier molecular flexibility index (Phi) is 16.5. The molecule has 284 valence electrons. The summed E-state index contributed by atoms with van der Waals surface area (Å²) in [7, 11) is 0. The average Bonchev–Trinajstić information content (AvgIpc) is 3.04. The highest BCUT2D eigenvalue weighted by molar-refractivity contribution is 6.00. The molecule has 52 heavy (non-hydrogen) atoms. The van der Waals surface area contributed by atoms with Gasteiger partial charge >= 0.3 is 0 Å². The molecule has 0 heterocycles. The fourth-order valence-electron chi connectivity index (χ4n) is 3.65. The van der Waals surface area contributed by atoms with Gasteiger partial charge in [-0.3, -0.25) is 55.2 Å². The fraction of sp³-hybridized carbons (Fsp3) is 0.292. The van der Waals surface area contributed by atoms with Crippen molar-refractivity contribution in [3.8, 4) is 0 Å². The second-order valence-electron chi connectivity index (χ2n) is 9.96. The highest BCUT2D eigenvalue weighted by Crippen LogP contribution is 2.13. The molecule has 0 saturated heterocycles. The van der Waals surface area contributed by atoms with Crippen LogP contribution in [0.4, 0.5) is 0 Å². The molecule has 28 heteroatoms. The molecule has 28 nitrogen and oxygen atoms in total.